The lowest BCUT2D eigenvalue weighted by atomic mass is 10.1. The quantitative estimate of drug-likeness (QED) is 0.190. The van der Waals surface area contributed by atoms with Crippen LogP contribution in [0.3, 0.4) is 0 Å². The fourth-order valence-electron chi connectivity index (χ4n) is 3.28. The molecule has 1 fully saturated rings. The molecule has 1 amide bonds. The van der Waals surface area contributed by atoms with Crippen LogP contribution < -0.4 is 14.4 Å². The van der Waals surface area contributed by atoms with Crippen LogP contribution in [0, 0.1) is 10.1 Å². The fourth-order valence-corrected chi connectivity index (χ4v) is 4.58. The molecule has 0 N–H and O–H groups in total. The highest BCUT2D eigenvalue weighted by Gasteiger charge is 2.33. The molecule has 3 aromatic rings. The third-order valence-electron chi connectivity index (χ3n) is 4.87. The summed E-state index contributed by atoms with van der Waals surface area (Å²) < 4.78 is 11.7. The highest BCUT2D eigenvalue weighted by molar-refractivity contribution is 8.27. The summed E-state index contributed by atoms with van der Waals surface area (Å²) in [7, 11) is 1.51. The summed E-state index contributed by atoms with van der Waals surface area (Å²) in [5.41, 5.74) is 1.91. The Morgan fingerprint density at radius 2 is 1.79 bits per heavy atom. The Bertz CT molecular complexity index is 1260. The van der Waals surface area contributed by atoms with Crippen molar-refractivity contribution in [2.24, 2.45) is 0 Å². The van der Waals surface area contributed by atoms with Crippen LogP contribution in [0.15, 0.2) is 77.7 Å². The second kappa shape index (κ2) is 9.85. The lowest BCUT2D eigenvalue weighted by molar-refractivity contribution is -0.385. The minimum atomic E-state index is -0.440. The molecule has 1 aliphatic heterocycles. The first-order chi connectivity index (χ1) is 16.0. The molecule has 0 aromatic heterocycles. The number of carbonyl (C=O) groups is 1. The van der Waals surface area contributed by atoms with Crippen molar-refractivity contribution in [1.29, 1.82) is 0 Å². The standard InChI is InChI=1S/C24H18N2O5S2/c1-30-21-13-16(11-12-20(21)31-15-17-7-5-6-10-19(17)26(28)29)14-22-23(27)25(24(32)33-22)18-8-3-2-4-9-18/h2-14H,15H2,1H3/b22-14+. The Labute approximate surface area is 199 Å². The van der Waals surface area contributed by atoms with E-state index in [4.69, 9.17) is 21.7 Å². The number of methoxy groups -OCH3 is 1. The van der Waals surface area contributed by atoms with E-state index in [1.54, 1.807) is 42.5 Å². The minimum Gasteiger partial charge on any atom is -0.493 e. The number of amides is 1. The Hall–Kier alpha value is -3.69. The number of rotatable bonds is 7. The van der Waals surface area contributed by atoms with E-state index in [0.717, 1.165) is 11.3 Å². The molecule has 9 heteroatoms. The van der Waals surface area contributed by atoms with Gasteiger partial charge in [-0.3, -0.25) is 19.8 Å². The normalized spacial score (nSPS) is 14.6. The van der Waals surface area contributed by atoms with Crippen molar-refractivity contribution in [2.75, 3.05) is 12.0 Å². The monoisotopic (exact) mass is 478 g/mol. The number of nitro benzene ring substituents is 1. The van der Waals surface area contributed by atoms with Crippen molar-refractivity contribution in [3.8, 4) is 11.5 Å². The van der Waals surface area contributed by atoms with Crippen LogP contribution in [0.1, 0.15) is 11.1 Å². The van der Waals surface area contributed by atoms with Crippen molar-refractivity contribution in [3.05, 3.63) is 98.9 Å². The molecule has 0 unspecified atom stereocenters. The molecule has 7 nitrogen and oxygen atoms in total. The molecule has 0 saturated carbocycles. The SMILES string of the molecule is COc1cc(/C=C2/SC(=S)N(c3ccccc3)C2=O)ccc1OCc1ccccc1[N+](=O)[O-]. The van der Waals surface area contributed by atoms with Gasteiger partial charge < -0.3 is 9.47 Å². The Morgan fingerprint density at radius 3 is 2.52 bits per heavy atom. The van der Waals surface area contributed by atoms with Gasteiger partial charge in [0.1, 0.15) is 6.61 Å². The molecule has 0 aliphatic carbocycles. The number of thioether (sulfide) groups is 1. The lowest BCUT2D eigenvalue weighted by Crippen LogP contribution is -2.27. The van der Waals surface area contributed by atoms with Crippen LogP contribution in [0.2, 0.25) is 0 Å². The number of nitrogens with zero attached hydrogens (tertiary/aromatic N) is 2. The first-order valence-electron chi connectivity index (χ1n) is 9.84. The van der Waals surface area contributed by atoms with Gasteiger partial charge in [-0.05, 0) is 42.0 Å². The summed E-state index contributed by atoms with van der Waals surface area (Å²) in [6.45, 7) is 0.0165. The largest absolute Gasteiger partial charge is 0.493 e. The molecule has 4 rings (SSSR count). The predicted octanol–water partition coefficient (Wildman–Crippen LogP) is 5.59. The van der Waals surface area contributed by atoms with E-state index in [9.17, 15) is 14.9 Å². The minimum absolute atomic E-state index is 0.00599. The van der Waals surface area contributed by atoms with E-state index in [2.05, 4.69) is 0 Å². The first-order valence-corrected chi connectivity index (χ1v) is 11.1. The molecule has 3 aromatic carbocycles. The van der Waals surface area contributed by atoms with E-state index < -0.39 is 4.92 Å². The molecule has 0 spiro atoms. The highest BCUT2D eigenvalue weighted by atomic mass is 32.2. The number of nitro groups is 1. The molecule has 1 aliphatic rings. The number of para-hydroxylation sites is 2. The summed E-state index contributed by atoms with van der Waals surface area (Å²) in [6.07, 6.45) is 1.75. The molecule has 0 radical (unpaired) electrons. The van der Waals surface area contributed by atoms with E-state index in [1.165, 1.54) is 29.8 Å². The first kappa shape index (κ1) is 22.5. The van der Waals surface area contributed by atoms with Gasteiger partial charge in [0, 0.05) is 6.07 Å². The lowest BCUT2D eigenvalue weighted by Gasteiger charge is -2.14. The van der Waals surface area contributed by atoms with Crippen molar-refractivity contribution in [2.45, 2.75) is 6.61 Å². The van der Waals surface area contributed by atoms with Crippen molar-refractivity contribution >= 4 is 51.7 Å². The smallest absolute Gasteiger partial charge is 0.276 e. The van der Waals surface area contributed by atoms with Gasteiger partial charge in [-0.2, -0.15) is 0 Å². The zero-order valence-corrected chi connectivity index (χ0v) is 19.1. The number of hydrogen-bond donors (Lipinski definition) is 0. The second-order valence-electron chi connectivity index (χ2n) is 6.94. The Balaban J connectivity index is 1.54. The zero-order chi connectivity index (χ0) is 23.4. The summed E-state index contributed by atoms with van der Waals surface area (Å²) >= 11 is 6.64. The fraction of sp³-hybridized carbons (Fsp3) is 0.0833. The van der Waals surface area contributed by atoms with Crippen molar-refractivity contribution < 1.29 is 19.2 Å². The molecule has 33 heavy (non-hydrogen) atoms. The number of ether oxygens (including phenoxy) is 2. The van der Waals surface area contributed by atoms with Gasteiger partial charge in [0.05, 0.1) is 28.2 Å². The number of hydrogen-bond acceptors (Lipinski definition) is 7. The summed E-state index contributed by atoms with van der Waals surface area (Å²) in [5.74, 6) is 0.692. The molecule has 1 saturated heterocycles. The van der Waals surface area contributed by atoms with Gasteiger partial charge >= 0.3 is 0 Å². The molecular weight excluding hydrogens is 460 g/mol. The maximum Gasteiger partial charge on any atom is 0.276 e. The van der Waals surface area contributed by atoms with Crippen LogP contribution in [-0.4, -0.2) is 22.3 Å². The number of benzene rings is 3. The summed E-state index contributed by atoms with van der Waals surface area (Å²) in [6, 6.07) is 20.9. The maximum absolute atomic E-state index is 12.9. The highest BCUT2D eigenvalue weighted by Crippen LogP contribution is 2.37. The molecule has 0 bridgehead atoms. The van der Waals surface area contributed by atoms with Crippen LogP contribution in [0.4, 0.5) is 11.4 Å². The van der Waals surface area contributed by atoms with Gasteiger partial charge in [-0.15, -0.1) is 0 Å². The average molecular weight is 479 g/mol. The van der Waals surface area contributed by atoms with Gasteiger partial charge in [-0.1, -0.05) is 60.4 Å². The molecule has 1 heterocycles. The van der Waals surface area contributed by atoms with E-state index in [-0.39, 0.29) is 18.2 Å². The summed E-state index contributed by atoms with van der Waals surface area (Å²) in [4.78, 5) is 25.7. The Kier molecular flexibility index (Phi) is 6.71. The number of anilines is 1. The van der Waals surface area contributed by atoms with Crippen LogP contribution in [0.5, 0.6) is 11.5 Å². The van der Waals surface area contributed by atoms with Crippen LogP contribution in [-0.2, 0) is 11.4 Å². The zero-order valence-electron chi connectivity index (χ0n) is 17.5. The Morgan fingerprint density at radius 1 is 1.06 bits per heavy atom. The predicted molar refractivity (Wildman–Crippen MR) is 133 cm³/mol. The summed E-state index contributed by atoms with van der Waals surface area (Å²) in [5, 5.41) is 11.2. The topological polar surface area (TPSA) is 81.9 Å². The van der Waals surface area contributed by atoms with Gasteiger partial charge in [0.15, 0.2) is 15.8 Å². The third-order valence-corrected chi connectivity index (χ3v) is 6.17. The average Bonchev–Trinajstić information content (AvgIpc) is 3.11. The van der Waals surface area contributed by atoms with Crippen molar-refractivity contribution in [3.63, 3.8) is 0 Å². The molecule has 0 atom stereocenters. The second-order valence-corrected chi connectivity index (χ2v) is 8.61. The number of carbonyl (C=O) groups excluding carboxylic acids is 1. The molecule has 166 valence electrons. The van der Waals surface area contributed by atoms with Gasteiger partial charge in [0.25, 0.3) is 11.6 Å². The van der Waals surface area contributed by atoms with Crippen molar-refractivity contribution in [1.82, 2.24) is 0 Å². The molecular formula is C24H18N2O5S2. The third kappa shape index (κ3) is 4.89. The number of thiocarbonyl (C=S) groups is 1. The van der Waals surface area contributed by atoms with Gasteiger partial charge in [-0.25, -0.2) is 0 Å². The van der Waals surface area contributed by atoms with E-state index in [0.29, 0.717) is 26.3 Å². The maximum atomic E-state index is 12.9. The van der Waals surface area contributed by atoms with Crippen LogP contribution in [0.25, 0.3) is 6.08 Å². The van der Waals surface area contributed by atoms with E-state index in [1.807, 2.05) is 30.3 Å². The van der Waals surface area contributed by atoms with E-state index >= 15 is 0 Å². The van der Waals surface area contributed by atoms with Gasteiger partial charge in [0.2, 0.25) is 0 Å². The van der Waals surface area contributed by atoms with Crippen LogP contribution >= 0.6 is 24.0 Å².